The highest BCUT2D eigenvalue weighted by atomic mass is 79.9. The first kappa shape index (κ1) is 18.5. The van der Waals surface area contributed by atoms with E-state index in [1.807, 2.05) is 38.1 Å². The van der Waals surface area contributed by atoms with Crippen molar-refractivity contribution in [1.29, 1.82) is 0 Å². The van der Waals surface area contributed by atoms with Gasteiger partial charge in [0.05, 0.1) is 5.02 Å². The quantitative estimate of drug-likeness (QED) is 0.600. The number of aryl methyl sites for hydroxylation is 2. The number of nitrogens with one attached hydrogen (secondary N) is 1. The van der Waals surface area contributed by atoms with Crippen molar-refractivity contribution in [2.75, 3.05) is 5.32 Å². The molecule has 0 saturated carbocycles. The zero-order valence-corrected chi connectivity index (χ0v) is 16.6. The minimum absolute atomic E-state index is 0.151. The number of para-hydroxylation sites is 1. The summed E-state index contributed by atoms with van der Waals surface area (Å²) in [6.07, 6.45) is 1.69. The SMILES string of the molecule is Cc1cccc(C)c1NC(=O)c1ccn(COc2ccc(Br)cc2Cl)n1. The van der Waals surface area contributed by atoms with Crippen LogP contribution >= 0.6 is 27.5 Å². The minimum atomic E-state index is -0.261. The van der Waals surface area contributed by atoms with Crippen LogP contribution in [0.1, 0.15) is 21.6 Å². The molecule has 0 saturated heterocycles. The maximum Gasteiger partial charge on any atom is 0.276 e. The molecule has 134 valence electrons. The molecule has 1 amide bonds. The van der Waals surface area contributed by atoms with Crippen molar-refractivity contribution in [2.45, 2.75) is 20.6 Å². The highest BCUT2D eigenvalue weighted by Crippen LogP contribution is 2.28. The Balaban J connectivity index is 1.66. The van der Waals surface area contributed by atoms with Crippen LogP contribution in [-0.2, 0) is 6.73 Å². The lowest BCUT2D eigenvalue weighted by Gasteiger charge is -2.10. The van der Waals surface area contributed by atoms with Crippen LogP contribution in [0.15, 0.2) is 53.1 Å². The monoisotopic (exact) mass is 433 g/mol. The standard InChI is InChI=1S/C19H17BrClN3O2/c1-12-4-3-5-13(2)18(12)22-19(25)16-8-9-24(23-16)11-26-17-7-6-14(20)10-15(17)21/h3-10H,11H2,1-2H3,(H,22,25). The second-order valence-electron chi connectivity index (χ2n) is 5.81. The third-order valence-electron chi connectivity index (χ3n) is 3.84. The van der Waals surface area contributed by atoms with E-state index >= 15 is 0 Å². The molecule has 26 heavy (non-hydrogen) atoms. The first-order valence-corrected chi connectivity index (χ1v) is 9.10. The summed E-state index contributed by atoms with van der Waals surface area (Å²) in [6, 6.07) is 12.9. The van der Waals surface area contributed by atoms with Gasteiger partial charge in [-0.25, -0.2) is 4.68 Å². The van der Waals surface area contributed by atoms with E-state index in [2.05, 4.69) is 26.3 Å². The van der Waals surface area contributed by atoms with Crippen LogP contribution in [0.3, 0.4) is 0 Å². The lowest BCUT2D eigenvalue weighted by atomic mass is 10.1. The summed E-state index contributed by atoms with van der Waals surface area (Å²) >= 11 is 9.47. The van der Waals surface area contributed by atoms with Crippen LogP contribution < -0.4 is 10.1 Å². The van der Waals surface area contributed by atoms with E-state index in [-0.39, 0.29) is 12.6 Å². The molecule has 0 aliphatic rings. The van der Waals surface area contributed by atoms with E-state index < -0.39 is 0 Å². The predicted molar refractivity (Wildman–Crippen MR) is 106 cm³/mol. The molecular formula is C19H17BrClN3O2. The van der Waals surface area contributed by atoms with Gasteiger partial charge in [-0.05, 0) is 49.2 Å². The number of hydrogen-bond acceptors (Lipinski definition) is 3. The summed E-state index contributed by atoms with van der Waals surface area (Å²) in [5.74, 6) is 0.287. The molecule has 0 radical (unpaired) electrons. The van der Waals surface area contributed by atoms with Gasteiger partial charge in [-0.2, -0.15) is 5.10 Å². The van der Waals surface area contributed by atoms with Crippen LogP contribution in [0.25, 0.3) is 0 Å². The second-order valence-corrected chi connectivity index (χ2v) is 7.13. The molecule has 0 fully saturated rings. The molecule has 0 aliphatic heterocycles. The third-order valence-corrected chi connectivity index (χ3v) is 4.63. The largest absolute Gasteiger partial charge is 0.470 e. The van der Waals surface area contributed by atoms with Crippen molar-refractivity contribution in [3.8, 4) is 5.75 Å². The Morgan fingerprint density at radius 1 is 1.23 bits per heavy atom. The van der Waals surface area contributed by atoms with Gasteiger partial charge < -0.3 is 10.1 Å². The predicted octanol–water partition coefficient (Wildman–Crippen LogP) is 5.20. The van der Waals surface area contributed by atoms with Crippen LogP contribution in [0.4, 0.5) is 5.69 Å². The fraction of sp³-hybridized carbons (Fsp3) is 0.158. The van der Waals surface area contributed by atoms with Crippen molar-refractivity contribution in [3.63, 3.8) is 0 Å². The summed E-state index contributed by atoms with van der Waals surface area (Å²) in [4.78, 5) is 12.4. The number of rotatable bonds is 5. The second kappa shape index (κ2) is 7.93. The van der Waals surface area contributed by atoms with Gasteiger partial charge in [0.2, 0.25) is 0 Å². The molecule has 0 spiro atoms. The van der Waals surface area contributed by atoms with Crippen LogP contribution in [0.2, 0.25) is 5.02 Å². The van der Waals surface area contributed by atoms with E-state index in [4.69, 9.17) is 16.3 Å². The summed E-state index contributed by atoms with van der Waals surface area (Å²) in [7, 11) is 0. The van der Waals surface area contributed by atoms with Crippen molar-refractivity contribution in [3.05, 3.63) is 75.0 Å². The topological polar surface area (TPSA) is 56.2 Å². The third kappa shape index (κ3) is 4.26. The van der Waals surface area contributed by atoms with Gasteiger partial charge in [-0.1, -0.05) is 45.7 Å². The number of carbonyl (C=O) groups excluding carboxylic acids is 1. The molecule has 0 bridgehead atoms. The molecular weight excluding hydrogens is 418 g/mol. The Labute approximate surface area is 165 Å². The van der Waals surface area contributed by atoms with Crippen molar-refractivity contribution >= 4 is 39.1 Å². The Morgan fingerprint density at radius 3 is 2.65 bits per heavy atom. The van der Waals surface area contributed by atoms with Crippen LogP contribution in [0, 0.1) is 13.8 Å². The molecule has 1 heterocycles. The van der Waals surface area contributed by atoms with Crippen molar-refractivity contribution in [1.82, 2.24) is 9.78 Å². The lowest BCUT2D eigenvalue weighted by Crippen LogP contribution is -2.15. The van der Waals surface area contributed by atoms with E-state index in [9.17, 15) is 4.79 Å². The highest BCUT2D eigenvalue weighted by molar-refractivity contribution is 9.10. The minimum Gasteiger partial charge on any atom is -0.470 e. The number of carbonyl (C=O) groups is 1. The first-order valence-electron chi connectivity index (χ1n) is 7.93. The molecule has 1 N–H and O–H groups in total. The Hall–Kier alpha value is -2.31. The molecule has 1 aromatic heterocycles. The summed E-state index contributed by atoms with van der Waals surface area (Å²) in [5, 5.41) is 7.67. The van der Waals surface area contributed by atoms with Crippen LogP contribution in [0.5, 0.6) is 5.75 Å². The van der Waals surface area contributed by atoms with Gasteiger partial charge in [0.1, 0.15) is 5.75 Å². The molecule has 7 heteroatoms. The van der Waals surface area contributed by atoms with Gasteiger partial charge in [-0.15, -0.1) is 0 Å². The molecule has 3 rings (SSSR count). The van der Waals surface area contributed by atoms with Crippen molar-refractivity contribution < 1.29 is 9.53 Å². The Morgan fingerprint density at radius 2 is 1.96 bits per heavy atom. The zero-order valence-electron chi connectivity index (χ0n) is 14.3. The van der Waals surface area contributed by atoms with Gasteiger partial charge in [0, 0.05) is 16.4 Å². The number of ether oxygens (including phenoxy) is 1. The average Bonchev–Trinajstić information content (AvgIpc) is 3.06. The molecule has 0 atom stereocenters. The molecule has 5 nitrogen and oxygen atoms in total. The Kier molecular flexibility index (Phi) is 5.64. The number of benzene rings is 2. The van der Waals surface area contributed by atoms with E-state index in [1.165, 1.54) is 4.68 Å². The number of nitrogens with zero attached hydrogens (tertiary/aromatic N) is 2. The molecule has 3 aromatic rings. The number of amides is 1. The number of aromatic nitrogens is 2. The smallest absolute Gasteiger partial charge is 0.276 e. The summed E-state index contributed by atoms with van der Waals surface area (Å²) in [6.45, 7) is 4.06. The molecule has 0 aliphatic carbocycles. The van der Waals surface area contributed by atoms with E-state index in [1.54, 1.807) is 24.4 Å². The average molecular weight is 435 g/mol. The van der Waals surface area contributed by atoms with Gasteiger partial charge in [-0.3, -0.25) is 4.79 Å². The number of hydrogen-bond donors (Lipinski definition) is 1. The lowest BCUT2D eigenvalue weighted by molar-refractivity contribution is 0.102. The van der Waals surface area contributed by atoms with Crippen LogP contribution in [-0.4, -0.2) is 15.7 Å². The fourth-order valence-corrected chi connectivity index (χ4v) is 3.20. The van der Waals surface area contributed by atoms with Gasteiger partial charge in [0.25, 0.3) is 5.91 Å². The highest BCUT2D eigenvalue weighted by Gasteiger charge is 2.13. The van der Waals surface area contributed by atoms with Crippen molar-refractivity contribution in [2.24, 2.45) is 0 Å². The first-order chi connectivity index (χ1) is 12.4. The zero-order chi connectivity index (χ0) is 18.7. The van der Waals surface area contributed by atoms with Gasteiger partial charge in [0.15, 0.2) is 12.4 Å². The summed E-state index contributed by atoms with van der Waals surface area (Å²) in [5.41, 5.74) is 3.14. The molecule has 2 aromatic carbocycles. The maximum atomic E-state index is 12.4. The molecule has 0 unspecified atom stereocenters. The normalized spacial score (nSPS) is 10.6. The maximum absolute atomic E-state index is 12.4. The number of anilines is 1. The summed E-state index contributed by atoms with van der Waals surface area (Å²) < 4.78 is 8.06. The Bertz CT molecular complexity index is 935. The van der Waals surface area contributed by atoms with Gasteiger partial charge >= 0.3 is 0 Å². The van der Waals surface area contributed by atoms with E-state index in [0.717, 1.165) is 21.3 Å². The van der Waals surface area contributed by atoms with E-state index in [0.29, 0.717) is 16.5 Å². The fourth-order valence-electron chi connectivity index (χ4n) is 2.47. The number of halogens is 2.